The number of nitrogens with one attached hydrogen (secondary N) is 1. The first-order chi connectivity index (χ1) is 11.8. The van der Waals surface area contributed by atoms with Gasteiger partial charge < -0.3 is 5.32 Å². The summed E-state index contributed by atoms with van der Waals surface area (Å²) in [4.78, 5) is 8.76. The van der Waals surface area contributed by atoms with Gasteiger partial charge in [0.25, 0.3) is 0 Å². The minimum atomic E-state index is 0.595. The first kappa shape index (κ1) is 14.1. The highest BCUT2D eigenvalue weighted by molar-refractivity contribution is 7.20. The Kier molecular flexibility index (Phi) is 3.17. The van der Waals surface area contributed by atoms with Gasteiger partial charge >= 0.3 is 0 Å². The van der Waals surface area contributed by atoms with Gasteiger partial charge in [-0.2, -0.15) is 15.0 Å². The topological polar surface area (TPSA) is 60.0 Å². The molecular formula is C17H18N6S. The second-order valence-electron chi connectivity index (χ2n) is 6.37. The van der Waals surface area contributed by atoms with Gasteiger partial charge in [-0.1, -0.05) is 17.4 Å². The SMILES string of the molecule is Cn1nc2ccc(-c3cn4cc(C5CCNCC5)nc4s3)cc2n1. The van der Waals surface area contributed by atoms with E-state index in [0.29, 0.717) is 5.92 Å². The number of fused-ring (bicyclic) bond motifs is 2. The largest absolute Gasteiger partial charge is 0.317 e. The molecule has 1 N–H and O–H groups in total. The number of imidazole rings is 1. The van der Waals surface area contributed by atoms with Crippen molar-refractivity contribution in [3.05, 3.63) is 36.3 Å². The second kappa shape index (κ2) is 5.39. The normalized spacial score (nSPS) is 16.4. The molecule has 7 heteroatoms. The van der Waals surface area contributed by atoms with Gasteiger partial charge in [-0.25, -0.2) is 4.98 Å². The fraction of sp³-hybridized carbons (Fsp3) is 0.353. The molecule has 1 fully saturated rings. The van der Waals surface area contributed by atoms with Crippen LogP contribution in [-0.2, 0) is 7.05 Å². The summed E-state index contributed by atoms with van der Waals surface area (Å²) in [5, 5.41) is 12.1. The summed E-state index contributed by atoms with van der Waals surface area (Å²) in [7, 11) is 1.85. The summed E-state index contributed by atoms with van der Waals surface area (Å²) < 4.78 is 2.16. The molecule has 1 aliphatic rings. The van der Waals surface area contributed by atoms with Gasteiger partial charge in [0, 0.05) is 25.4 Å². The van der Waals surface area contributed by atoms with Crippen molar-refractivity contribution in [1.82, 2.24) is 29.7 Å². The van der Waals surface area contributed by atoms with Gasteiger partial charge in [-0.3, -0.25) is 4.40 Å². The lowest BCUT2D eigenvalue weighted by atomic mass is 9.95. The van der Waals surface area contributed by atoms with Crippen LogP contribution < -0.4 is 5.32 Å². The Bertz CT molecular complexity index is 989. The zero-order valence-corrected chi connectivity index (χ0v) is 14.3. The van der Waals surface area contributed by atoms with E-state index in [4.69, 9.17) is 4.98 Å². The molecule has 4 heterocycles. The van der Waals surface area contributed by atoms with Gasteiger partial charge in [0.1, 0.15) is 11.0 Å². The average molecular weight is 338 g/mol. The molecule has 0 unspecified atom stereocenters. The molecule has 3 aromatic heterocycles. The van der Waals surface area contributed by atoms with Crippen molar-refractivity contribution < 1.29 is 0 Å². The number of benzene rings is 1. The maximum absolute atomic E-state index is 4.87. The Morgan fingerprint density at radius 1 is 1.12 bits per heavy atom. The van der Waals surface area contributed by atoms with Crippen LogP contribution in [0.3, 0.4) is 0 Å². The Balaban J connectivity index is 1.51. The molecule has 24 heavy (non-hydrogen) atoms. The molecule has 6 nitrogen and oxygen atoms in total. The van der Waals surface area contributed by atoms with E-state index in [2.05, 4.69) is 44.4 Å². The Labute approximate surface area is 143 Å². The lowest BCUT2D eigenvalue weighted by Gasteiger charge is -2.20. The highest BCUT2D eigenvalue weighted by Crippen LogP contribution is 2.32. The number of piperidine rings is 1. The molecule has 0 radical (unpaired) electrons. The van der Waals surface area contributed by atoms with Crippen LogP contribution in [0.15, 0.2) is 30.6 Å². The van der Waals surface area contributed by atoms with Crippen LogP contribution in [0.25, 0.3) is 26.4 Å². The maximum atomic E-state index is 4.87. The van der Waals surface area contributed by atoms with Crippen molar-refractivity contribution in [3.8, 4) is 10.4 Å². The van der Waals surface area contributed by atoms with Crippen LogP contribution >= 0.6 is 11.3 Å². The lowest BCUT2D eigenvalue weighted by molar-refractivity contribution is 0.454. The van der Waals surface area contributed by atoms with E-state index in [1.807, 2.05) is 13.1 Å². The molecule has 0 bridgehead atoms. The summed E-state index contributed by atoms with van der Waals surface area (Å²) in [5.74, 6) is 0.595. The van der Waals surface area contributed by atoms with Crippen LogP contribution in [0, 0.1) is 0 Å². The molecule has 0 aliphatic carbocycles. The number of aromatic nitrogens is 5. The monoisotopic (exact) mass is 338 g/mol. The summed E-state index contributed by atoms with van der Waals surface area (Å²) in [6, 6.07) is 6.23. The van der Waals surface area contributed by atoms with Gasteiger partial charge in [0.2, 0.25) is 0 Å². The summed E-state index contributed by atoms with van der Waals surface area (Å²) in [5.41, 5.74) is 4.26. The molecule has 5 rings (SSSR count). The maximum Gasteiger partial charge on any atom is 0.194 e. The van der Waals surface area contributed by atoms with E-state index in [1.54, 1.807) is 16.1 Å². The third-order valence-corrected chi connectivity index (χ3v) is 5.74. The van der Waals surface area contributed by atoms with Crippen LogP contribution in [0.2, 0.25) is 0 Å². The van der Waals surface area contributed by atoms with Crippen molar-refractivity contribution in [2.45, 2.75) is 18.8 Å². The molecule has 1 aromatic carbocycles. The predicted molar refractivity (Wildman–Crippen MR) is 95.4 cm³/mol. The summed E-state index contributed by atoms with van der Waals surface area (Å²) in [6.45, 7) is 2.19. The second-order valence-corrected chi connectivity index (χ2v) is 7.38. The van der Waals surface area contributed by atoms with E-state index in [1.165, 1.54) is 29.0 Å². The van der Waals surface area contributed by atoms with E-state index >= 15 is 0 Å². The Morgan fingerprint density at radius 2 is 1.96 bits per heavy atom. The van der Waals surface area contributed by atoms with Crippen molar-refractivity contribution in [1.29, 1.82) is 0 Å². The average Bonchev–Trinajstić information content (AvgIpc) is 3.26. The third-order valence-electron chi connectivity index (χ3n) is 4.70. The smallest absolute Gasteiger partial charge is 0.194 e. The van der Waals surface area contributed by atoms with Crippen molar-refractivity contribution in [3.63, 3.8) is 0 Å². The fourth-order valence-electron chi connectivity index (χ4n) is 3.44. The molecule has 0 amide bonds. The van der Waals surface area contributed by atoms with Crippen LogP contribution in [0.1, 0.15) is 24.5 Å². The third kappa shape index (κ3) is 2.32. The van der Waals surface area contributed by atoms with E-state index in [0.717, 1.165) is 29.1 Å². The fourth-order valence-corrected chi connectivity index (χ4v) is 4.41. The molecule has 1 saturated heterocycles. The van der Waals surface area contributed by atoms with E-state index in [-0.39, 0.29) is 0 Å². The number of aryl methyl sites for hydroxylation is 1. The Morgan fingerprint density at radius 3 is 2.79 bits per heavy atom. The van der Waals surface area contributed by atoms with E-state index < -0.39 is 0 Å². The standard InChI is InChI=1S/C17H18N6S/c1-22-20-13-3-2-12(8-14(13)21-22)16-10-23-9-15(19-17(23)24-16)11-4-6-18-7-5-11/h2-3,8-11,18H,4-7H2,1H3. The zero-order chi connectivity index (χ0) is 16.1. The van der Waals surface area contributed by atoms with Gasteiger partial charge in [0.05, 0.1) is 10.6 Å². The summed E-state index contributed by atoms with van der Waals surface area (Å²) >= 11 is 1.73. The number of thiazole rings is 1. The predicted octanol–water partition coefficient (Wildman–Crippen LogP) is 2.81. The first-order valence-corrected chi connectivity index (χ1v) is 9.08. The van der Waals surface area contributed by atoms with Crippen LogP contribution in [0.5, 0.6) is 0 Å². The molecule has 0 atom stereocenters. The summed E-state index contributed by atoms with van der Waals surface area (Å²) in [6.07, 6.45) is 6.74. The number of hydrogen-bond acceptors (Lipinski definition) is 5. The highest BCUT2D eigenvalue weighted by Gasteiger charge is 2.19. The minimum absolute atomic E-state index is 0.595. The highest BCUT2D eigenvalue weighted by atomic mass is 32.1. The van der Waals surface area contributed by atoms with Crippen molar-refractivity contribution in [2.75, 3.05) is 13.1 Å². The number of rotatable bonds is 2. The van der Waals surface area contributed by atoms with Crippen LogP contribution in [0.4, 0.5) is 0 Å². The molecule has 1 aliphatic heterocycles. The molecule has 122 valence electrons. The molecule has 0 spiro atoms. The quantitative estimate of drug-likeness (QED) is 0.610. The van der Waals surface area contributed by atoms with Crippen molar-refractivity contribution in [2.24, 2.45) is 7.05 Å². The number of hydrogen-bond donors (Lipinski definition) is 1. The Hall–Kier alpha value is -2.25. The van der Waals surface area contributed by atoms with Gasteiger partial charge in [-0.15, -0.1) is 0 Å². The van der Waals surface area contributed by atoms with Crippen molar-refractivity contribution >= 4 is 27.3 Å². The van der Waals surface area contributed by atoms with Gasteiger partial charge in [-0.05, 0) is 43.6 Å². The lowest BCUT2D eigenvalue weighted by Crippen LogP contribution is -2.26. The van der Waals surface area contributed by atoms with E-state index in [9.17, 15) is 0 Å². The van der Waals surface area contributed by atoms with Gasteiger partial charge in [0.15, 0.2) is 4.96 Å². The van der Waals surface area contributed by atoms with Crippen LogP contribution in [-0.4, -0.2) is 37.5 Å². The molecule has 0 saturated carbocycles. The number of nitrogens with zero attached hydrogens (tertiary/aromatic N) is 5. The molecule has 4 aromatic rings. The zero-order valence-electron chi connectivity index (χ0n) is 13.4. The minimum Gasteiger partial charge on any atom is -0.317 e. The molecular weight excluding hydrogens is 320 g/mol. The first-order valence-electron chi connectivity index (χ1n) is 8.27.